The van der Waals surface area contributed by atoms with E-state index in [-0.39, 0.29) is 11.7 Å². The van der Waals surface area contributed by atoms with Crippen molar-refractivity contribution in [3.05, 3.63) is 77.3 Å². The molecule has 0 saturated carbocycles. The first kappa shape index (κ1) is 17.3. The number of hydrogen-bond acceptors (Lipinski definition) is 5. The molecule has 3 rings (SSSR count). The van der Waals surface area contributed by atoms with Gasteiger partial charge in [-0.1, -0.05) is 42.5 Å². The molecule has 3 aromatic rings. The Bertz CT molecular complexity index is 939. The van der Waals surface area contributed by atoms with Gasteiger partial charge < -0.3 is 14.5 Å². The molecule has 0 amide bonds. The zero-order chi connectivity index (χ0) is 18.4. The molecule has 0 aliphatic carbocycles. The minimum atomic E-state index is -0.00790. The Morgan fingerprint density at radius 3 is 2.69 bits per heavy atom. The lowest BCUT2D eigenvalue weighted by Gasteiger charge is -2.12. The van der Waals surface area contributed by atoms with E-state index >= 15 is 0 Å². The van der Waals surface area contributed by atoms with E-state index < -0.39 is 0 Å². The molecule has 1 unspecified atom stereocenters. The lowest BCUT2D eigenvalue weighted by Crippen LogP contribution is -2.06. The normalized spacial score (nSPS) is 11.9. The van der Waals surface area contributed by atoms with Gasteiger partial charge in [-0.3, -0.25) is 0 Å². The molecule has 1 aromatic heterocycles. The van der Waals surface area contributed by atoms with Crippen molar-refractivity contribution in [2.75, 3.05) is 12.4 Å². The van der Waals surface area contributed by atoms with Crippen molar-refractivity contribution in [1.29, 1.82) is 5.26 Å². The summed E-state index contributed by atoms with van der Waals surface area (Å²) >= 11 is 0. The van der Waals surface area contributed by atoms with Crippen LogP contribution in [0.5, 0.6) is 5.75 Å². The third kappa shape index (κ3) is 4.11. The van der Waals surface area contributed by atoms with E-state index in [4.69, 9.17) is 9.15 Å². The summed E-state index contributed by atoms with van der Waals surface area (Å²) in [5, 5.41) is 12.5. The van der Waals surface area contributed by atoms with E-state index in [1.165, 1.54) is 0 Å². The predicted molar refractivity (Wildman–Crippen MR) is 102 cm³/mol. The lowest BCUT2D eigenvalue weighted by molar-refractivity contribution is 0.414. The van der Waals surface area contributed by atoms with Crippen molar-refractivity contribution in [3.8, 4) is 11.8 Å². The highest BCUT2D eigenvalue weighted by Gasteiger charge is 2.14. The van der Waals surface area contributed by atoms with Crippen molar-refractivity contribution in [3.63, 3.8) is 0 Å². The van der Waals surface area contributed by atoms with Crippen LogP contribution in [0.2, 0.25) is 0 Å². The van der Waals surface area contributed by atoms with Crippen LogP contribution in [0.3, 0.4) is 0 Å². The molecule has 0 bridgehead atoms. The first-order valence-electron chi connectivity index (χ1n) is 8.24. The van der Waals surface area contributed by atoms with Crippen LogP contribution in [0.4, 0.5) is 5.88 Å². The van der Waals surface area contributed by atoms with Crippen LogP contribution in [-0.4, -0.2) is 12.1 Å². The smallest absolute Gasteiger partial charge is 0.233 e. The molecule has 0 fully saturated rings. The second-order valence-electron chi connectivity index (χ2n) is 5.73. The molecule has 130 valence electrons. The molecule has 1 atom stereocenters. The van der Waals surface area contributed by atoms with Crippen LogP contribution in [-0.2, 0) is 0 Å². The van der Waals surface area contributed by atoms with Gasteiger partial charge in [0.1, 0.15) is 11.8 Å². The van der Waals surface area contributed by atoms with Gasteiger partial charge >= 0.3 is 0 Å². The van der Waals surface area contributed by atoms with Gasteiger partial charge in [0.2, 0.25) is 17.5 Å². The molecule has 0 aliphatic rings. The minimum absolute atomic E-state index is 0.00790. The van der Waals surface area contributed by atoms with Gasteiger partial charge in [0.05, 0.1) is 13.2 Å². The monoisotopic (exact) mass is 345 g/mol. The Morgan fingerprint density at radius 2 is 1.96 bits per heavy atom. The second-order valence-corrected chi connectivity index (χ2v) is 5.73. The second kappa shape index (κ2) is 8.04. The number of nitrogens with zero attached hydrogens (tertiary/aromatic N) is 2. The summed E-state index contributed by atoms with van der Waals surface area (Å²) in [5.41, 5.74) is 2.28. The number of hydrogen-bond donors (Lipinski definition) is 1. The third-order valence-electron chi connectivity index (χ3n) is 3.91. The summed E-state index contributed by atoms with van der Waals surface area (Å²) in [5.74, 6) is 1.51. The zero-order valence-corrected chi connectivity index (χ0v) is 14.6. The Hall–Kier alpha value is -3.52. The Kier molecular flexibility index (Phi) is 5.35. The van der Waals surface area contributed by atoms with E-state index in [0.29, 0.717) is 11.8 Å². The molecule has 5 nitrogen and oxygen atoms in total. The van der Waals surface area contributed by atoms with Gasteiger partial charge in [-0.25, -0.2) is 0 Å². The van der Waals surface area contributed by atoms with Gasteiger partial charge in [0.15, 0.2) is 0 Å². The van der Waals surface area contributed by atoms with E-state index in [0.717, 1.165) is 16.9 Å². The van der Waals surface area contributed by atoms with Gasteiger partial charge in [-0.2, -0.15) is 10.2 Å². The topological polar surface area (TPSA) is 71.1 Å². The van der Waals surface area contributed by atoms with E-state index in [2.05, 4.69) is 16.4 Å². The molecule has 0 saturated heterocycles. The highest BCUT2D eigenvalue weighted by atomic mass is 16.5. The van der Waals surface area contributed by atoms with Gasteiger partial charge in [0.25, 0.3) is 0 Å². The number of nitrogens with one attached hydrogen (secondary N) is 1. The number of benzene rings is 2. The maximum absolute atomic E-state index is 9.32. The van der Waals surface area contributed by atoms with Crippen molar-refractivity contribution in [2.45, 2.75) is 13.0 Å². The number of aromatic nitrogens is 1. The standard InChI is InChI=1S/C21H19N3O2/c1-15(17-8-4-3-5-9-17)23-21-19(14-22)24-20(26-21)12-11-16-7-6-10-18(13-16)25-2/h3-13,15,23H,1-2H3. The molecule has 0 aliphatic heterocycles. The first-order valence-corrected chi connectivity index (χ1v) is 8.24. The van der Waals surface area contributed by atoms with Crippen molar-refractivity contribution in [2.24, 2.45) is 0 Å². The number of anilines is 1. The van der Waals surface area contributed by atoms with E-state index in [1.54, 1.807) is 13.2 Å². The fourth-order valence-corrected chi connectivity index (χ4v) is 2.52. The largest absolute Gasteiger partial charge is 0.497 e. The Morgan fingerprint density at radius 1 is 1.15 bits per heavy atom. The van der Waals surface area contributed by atoms with Crippen molar-refractivity contribution < 1.29 is 9.15 Å². The molecule has 0 spiro atoms. The number of ether oxygens (including phenoxy) is 1. The number of rotatable bonds is 6. The zero-order valence-electron chi connectivity index (χ0n) is 14.6. The van der Waals surface area contributed by atoms with Gasteiger partial charge in [-0.15, -0.1) is 0 Å². The average molecular weight is 345 g/mol. The van der Waals surface area contributed by atoms with E-state index in [9.17, 15) is 5.26 Å². The van der Waals surface area contributed by atoms with Crippen molar-refractivity contribution in [1.82, 2.24) is 4.98 Å². The number of nitriles is 1. The van der Waals surface area contributed by atoms with E-state index in [1.807, 2.05) is 67.6 Å². The van der Waals surface area contributed by atoms with Crippen molar-refractivity contribution >= 4 is 18.0 Å². The maximum Gasteiger partial charge on any atom is 0.233 e. The summed E-state index contributed by atoms with van der Waals surface area (Å²) in [6, 6.07) is 19.6. The van der Waals surface area contributed by atoms with Crippen LogP contribution in [0.15, 0.2) is 59.0 Å². The quantitative estimate of drug-likeness (QED) is 0.688. The summed E-state index contributed by atoms with van der Waals surface area (Å²) < 4.78 is 10.9. The van der Waals surface area contributed by atoms with Crippen LogP contribution in [0, 0.1) is 11.3 Å². The summed E-state index contributed by atoms with van der Waals surface area (Å²) in [4.78, 5) is 4.22. The fraction of sp³-hybridized carbons (Fsp3) is 0.143. The number of methoxy groups -OCH3 is 1. The average Bonchev–Trinajstić information content (AvgIpc) is 3.09. The molecule has 1 N–H and O–H groups in total. The lowest BCUT2D eigenvalue weighted by atomic mass is 10.1. The number of oxazole rings is 1. The summed E-state index contributed by atoms with van der Waals surface area (Å²) in [6.07, 6.45) is 3.59. The maximum atomic E-state index is 9.32. The molecule has 0 radical (unpaired) electrons. The molecule has 5 heteroatoms. The molecular formula is C21H19N3O2. The SMILES string of the molecule is COc1cccc(C=Cc2nc(C#N)c(NC(C)c3ccccc3)o2)c1. The predicted octanol–water partition coefficient (Wildman–Crippen LogP) is 4.90. The highest BCUT2D eigenvalue weighted by molar-refractivity contribution is 5.68. The molecule has 2 aromatic carbocycles. The summed E-state index contributed by atoms with van der Waals surface area (Å²) in [6.45, 7) is 2.00. The first-order chi connectivity index (χ1) is 12.7. The molecule has 26 heavy (non-hydrogen) atoms. The van der Waals surface area contributed by atoms with Crippen LogP contribution >= 0.6 is 0 Å². The van der Waals surface area contributed by atoms with Crippen LogP contribution in [0.1, 0.15) is 35.7 Å². The Labute approximate surface area is 152 Å². The van der Waals surface area contributed by atoms with Crippen LogP contribution in [0.25, 0.3) is 12.2 Å². The Balaban J connectivity index is 1.78. The van der Waals surface area contributed by atoms with Gasteiger partial charge in [-0.05, 0) is 36.3 Å². The minimum Gasteiger partial charge on any atom is -0.497 e. The molecule has 1 heterocycles. The summed E-state index contributed by atoms with van der Waals surface area (Å²) in [7, 11) is 1.63. The van der Waals surface area contributed by atoms with Crippen LogP contribution < -0.4 is 10.1 Å². The van der Waals surface area contributed by atoms with Gasteiger partial charge in [0, 0.05) is 6.08 Å². The fourth-order valence-electron chi connectivity index (χ4n) is 2.52. The third-order valence-corrected chi connectivity index (χ3v) is 3.91. The molecular weight excluding hydrogens is 326 g/mol. The highest BCUT2D eigenvalue weighted by Crippen LogP contribution is 2.24.